The van der Waals surface area contributed by atoms with Crippen LogP contribution in [0.2, 0.25) is 0 Å². The smallest absolute Gasteiger partial charge is 0.412 e. The summed E-state index contributed by atoms with van der Waals surface area (Å²) < 4.78 is 10.9. The molecule has 1 aliphatic heterocycles. The van der Waals surface area contributed by atoms with Gasteiger partial charge in [-0.3, -0.25) is 9.69 Å². The van der Waals surface area contributed by atoms with Crippen molar-refractivity contribution in [1.29, 1.82) is 0 Å². The highest BCUT2D eigenvalue weighted by Crippen LogP contribution is 2.32. The summed E-state index contributed by atoms with van der Waals surface area (Å²) >= 11 is 1.07. The zero-order valence-electron chi connectivity index (χ0n) is 14.9. The summed E-state index contributed by atoms with van der Waals surface area (Å²) in [5.74, 6) is -0.698. The Morgan fingerprint density at radius 2 is 2.08 bits per heavy atom. The number of aromatic nitrogens is 1. The molecule has 1 fully saturated rings. The molecule has 2 rings (SSSR count). The molecular weight excluding hydrogens is 348 g/mol. The Hall–Kier alpha value is -1.55. The van der Waals surface area contributed by atoms with Crippen molar-refractivity contribution in [3.05, 3.63) is 16.6 Å². The Bertz CT molecular complexity index is 625. The van der Waals surface area contributed by atoms with Crippen molar-refractivity contribution in [3.8, 4) is 0 Å². The summed E-state index contributed by atoms with van der Waals surface area (Å²) in [7, 11) is 0. The fourth-order valence-corrected chi connectivity index (χ4v) is 3.20. The molecule has 0 bridgehead atoms. The Morgan fingerprint density at radius 1 is 1.44 bits per heavy atom. The first kappa shape index (κ1) is 19.8. The molecular formula is C16H24N2O6S. The average Bonchev–Trinajstić information content (AvgIpc) is 3.10. The van der Waals surface area contributed by atoms with Crippen molar-refractivity contribution in [1.82, 2.24) is 9.88 Å². The van der Waals surface area contributed by atoms with E-state index in [4.69, 9.17) is 9.47 Å². The van der Waals surface area contributed by atoms with E-state index in [9.17, 15) is 19.8 Å². The first-order chi connectivity index (χ1) is 11.4. The minimum atomic E-state index is -1.72. The first-order valence-electron chi connectivity index (χ1n) is 7.90. The molecule has 0 spiro atoms. The van der Waals surface area contributed by atoms with E-state index in [1.807, 2.05) is 0 Å². The van der Waals surface area contributed by atoms with Crippen molar-refractivity contribution in [2.24, 2.45) is 0 Å². The largest absolute Gasteiger partial charge is 0.444 e. The molecule has 0 saturated carbocycles. The molecule has 2 heterocycles. The maximum atomic E-state index is 12.5. The molecule has 25 heavy (non-hydrogen) atoms. The third-order valence-corrected chi connectivity index (χ3v) is 4.53. The van der Waals surface area contributed by atoms with Gasteiger partial charge in [-0.1, -0.05) is 0 Å². The lowest BCUT2D eigenvalue weighted by atomic mass is 10.0. The van der Waals surface area contributed by atoms with Crippen LogP contribution in [0.3, 0.4) is 0 Å². The lowest BCUT2D eigenvalue weighted by Crippen LogP contribution is -2.56. The second-order valence-corrected chi connectivity index (χ2v) is 8.21. The van der Waals surface area contributed by atoms with E-state index in [1.165, 1.54) is 11.1 Å². The van der Waals surface area contributed by atoms with Crippen LogP contribution in [0.4, 0.5) is 4.79 Å². The Morgan fingerprint density at radius 3 is 2.60 bits per heavy atom. The fraction of sp³-hybridized carbons (Fsp3) is 0.688. The van der Waals surface area contributed by atoms with Gasteiger partial charge in [0.25, 0.3) is 0 Å². The van der Waals surface area contributed by atoms with E-state index in [0.29, 0.717) is 0 Å². The van der Waals surface area contributed by atoms with E-state index < -0.39 is 41.5 Å². The number of carbonyl (C=O) groups excluding carboxylic acids is 2. The van der Waals surface area contributed by atoms with Crippen LogP contribution in [0, 0.1) is 0 Å². The number of rotatable bonds is 4. The van der Waals surface area contributed by atoms with Crippen LogP contribution >= 0.6 is 11.3 Å². The summed E-state index contributed by atoms with van der Waals surface area (Å²) in [6, 6.07) is -0.927. The second-order valence-electron chi connectivity index (χ2n) is 7.31. The topological polar surface area (TPSA) is 109 Å². The number of Topliss-reactive ketones (excluding diaryl/α,β-unsaturated/α-hetero) is 1. The summed E-state index contributed by atoms with van der Waals surface area (Å²) in [5.41, 5.74) is -1.78. The van der Waals surface area contributed by atoms with E-state index in [0.717, 1.165) is 11.3 Å². The van der Waals surface area contributed by atoms with Gasteiger partial charge in [-0.25, -0.2) is 9.78 Å². The van der Waals surface area contributed by atoms with Crippen LogP contribution in [0.25, 0.3) is 0 Å². The van der Waals surface area contributed by atoms with Crippen LogP contribution in [-0.4, -0.2) is 68.2 Å². The number of ketones is 1. The number of nitrogens with zero attached hydrogens (tertiary/aromatic N) is 2. The van der Waals surface area contributed by atoms with E-state index in [2.05, 4.69) is 4.98 Å². The van der Waals surface area contributed by atoms with Crippen molar-refractivity contribution >= 4 is 23.2 Å². The molecule has 1 aromatic rings. The highest BCUT2D eigenvalue weighted by Gasteiger charge is 2.50. The van der Waals surface area contributed by atoms with Crippen LogP contribution in [0.1, 0.15) is 44.4 Å². The first-order valence-corrected chi connectivity index (χ1v) is 8.78. The normalized spacial score (nSPS) is 22.5. The van der Waals surface area contributed by atoms with Crippen LogP contribution in [0.5, 0.6) is 0 Å². The number of hydrogen-bond donors (Lipinski definition) is 2. The monoisotopic (exact) mass is 372 g/mol. The molecule has 0 radical (unpaired) electrons. The van der Waals surface area contributed by atoms with Gasteiger partial charge >= 0.3 is 6.09 Å². The number of ether oxygens (including phenoxy) is 2. The molecule has 0 aromatic carbocycles. The van der Waals surface area contributed by atoms with Gasteiger partial charge < -0.3 is 19.7 Å². The SMILES string of the molecule is CC(C)(C)OC(=O)N1[C@H]([C@H](O)[C@@H](O)C(=O)c2nccs2)COC1(C)C. The summed E-state index contributed by atoms with van der Waals surface area (Å²) in [5, 5.41) is 22.5. The zero-order chi connectivity index (χ0) is 19.0. The molecule has 140 valence electrons. The van der Waals surface area contributed by atoms with Gasteiger partial charge in [0.1, 0.15) is 23.5 Å². The third-order valence-electron chi connectivity index (χ3n) is 3.74. The molecule has 1 saturated heterocycles. The number of carbonyl (C=O) groups is 2. The van der Waals surface area contributed by atoms with Gasteiger partial charge in [-0.2, -0.15) is 0 Å². The van der Waals surface area contributed by atoms with Gasteiger partial charge in [-0.05, 0) is 34.6 Å². The fourth-order valence-electron chi connectivity index (χ4n) is 2.59. The van der Waals surface area contributed by atoms with E-state index >= 15 is 0 Å². The number of thiazole rings is 1. The Kier molecular flexibility index (Phi) is 5.53. The quantitative estimate of drug-likeness (QED) is 0.769. The van der Waals surface area contributed by atoms with Gasteiger partial charge in [0.15, 0.2) is 5.01 Å². The molecule has 1 amide bonds. The lowest BCUT2D eigenvalue weighted by molar-refractivity contribution is -0.0739. The molecule has 0 unspecified atom stereocenters. The minimum absolute atomic E-state index is 0.0321. The van der Waals surface area contributed by atoms with Crippen LogP contribution < -0.4 is 0 Å². The Labute approximate surface area is 150 Å². The zero-order valence-corrected chi connectivity index (χ0v) is 15.7. The van der Waals surface area contributed by atoms with Gasteiger partial charge in [0, 0.05) is 11.6 Å². The number of aliphatic hydroxyl groups is 2. The van der Waals surface area contributed by atoms with Gasteiger partial charge in [-0.15, -0.1) is 11.3 Å². The number of hydrogen-bond acceptors (Lipinski definition) is 8. The van der Waals surface area contributed by atoms with Crippen molar-refractivity contribution in [3.63, 3.8) is 0 Å². The van der Waals surface area contributed by atoms with Crippen LogP contribution in [-0.2, 0) is 9.47 Å². The van der Waals surface area contributed by atoms with Gasteiger partial charge in [0.05, 0.1) is 12.6 Å². The molecule has 9 heteroatoms. The number of amides is 1. The lowest BCUT2D eigenvalue weighted by Gasteiger charge is -2.37. The van der Waals surface area contributed by atoms with Crippen molar-refractivity contribution in [2.45, 2.75) is 64.2 Å². The second kappa shape index (κ2) is 6.99. The van der Waals surface area contributed by atoms with E-state index in [-0.39, 0.29) is 11.6 Å². The molecule has 8 nitrogen and oxygen atoms in total. The average molecular weight is 372 g/mol. The third kappa shape index (κ3) is 4.35. The summed E-state index contributed by atoms with van der Waals surface area (Å²) in [6.07, 6.45) is -2.51. The maximum absolute atomic E-state index is 12.5. The van der Waals surface area contributed by atoms with Crippen molar-refractivity contribution < 1.29 is 29.3 Å². The number of aliphatic hydroxyl groups excluding tert-OH is 2. The molecule has 1 aliphatic rings. The maximum Gasteiger partial charge on any atom is 0.412 e. The van der Waals surface area contributed by atoms with Gasteiger partial charge in [0.2, 0.25) is 5.78 Å². The molecule has 3 atom stereocenters. The Balaban J connectivity index is 2.20. The molecule has 0 aliphatic carbocycles. The highest BCUT2D eigenvalue weighted by atomic mass is 32.1. The standard InChI is InChI=1S/C16H24N2O6S/c1-15(2,3)24-14(22)18-9(8-23-16(18,4)5)10(19)11(20)12(21)13-17-6-7-25-13/h6-7,9-11,19-20H,8H2,1-5H3/t9-,10-,11+/m0/s1. The van der Waals surface area contributed by atoms with E-state index in [1.54, 1.807) is 40.0 Å². The molecule has 2 N–H and O–H groups in total. The summed E-state index contributed by atoms with van der Waals surface area (Å²) in [4.78, 5) is 29.8. The predicted molar refractivity (Wildman–Crippen MR) is 90.4 cm³/mol. The molecule has 1 aromatic heterocycles. The van der Waals surface area contributed by atoms with Crippen molar-refractivity contribution in [2.75, 3.05) is 6.61 Å². The minimum Gasteiger partial charge on any atom is -0.444 e. The summed E-state index contributed by atoms with van der Waals surface area (Å²) in [6.45, 7) is 8.44. The van der Waals surface area contributed by atoms with Crippen LogP contribution in [0.15, 0.2) is 11.6 Å². The predicted octanol–water partition coefficient (Wildman–Crippen LogP) is 1.42. The highest BCUT2D eigenvalue weighted by molar-refractivity contribution is 7.11.